The highest BCUT2D eigenvalue weighted by Crippen LogP contribution is 2.25. The van der Waals surface area contributed by atoms with Crippen LogP contribution >= 0.6 is 0 Å². The molecule has 1 aromatic carbocycles. The van der Waals surface area contributed by atoms with E-state index in [1.165, 1.54) is 56.3 Å². The van der Waals surface area contributed by atoms with Crippen LogP contribution < -0.4 is 0 Å². The summed E-state index contributed by atoms with van der Waals surface area (Å²) in [6.45, 7) is 10.5. The number of nitrogens with zero attached hydrogens (tertiary/aromatic N) is 1. The molecule has 0 aromatic heterocycles. The van der Waals surface area contributed by atoms with Crippen LogP contribution in [0, 0.1) is 11.8 Å². The van der Waals surface area contributed by atoms with Crippen LogP contribution in [0.4, 0.5) is 0 Å². The lowest BCUT2D eigenvalue weighted by Gasteiger charge is -2.33. The molecule has 1 aromatic rings. The van der Waals surface area contributed by atoms with Gasteiger partial charge in [0.05, 0.1) is 0 Å². The fourth-order valence-corrected chi connectivity index (χ4v) is 3.44. The SMILES string of the molecule is CC=CCCCc1ccc(CN2CCC(C(C)C)CC2)cc1. The second kappa shape index (κ2) is 9.15. The summed E-state index contributed by atoms with van der Waals surface area (Å²) < 4.78 is 0. The molecule has 122 valence electrons. The Morgan fingerprint density at radius 1 is 1.09 bits per heavy atom. The van der Waals surface area contributed by atoms with Gasteiger partial charge in [0.2, 0.25) is 0 Å². The molecule has 1 saturated heterocycles. The maximum absolute atomic E-state index is 2.62. The molecule has 1 aliphatic heterocycles. The average Bonchev–Trinajstić information content (AvgIpc) is 2.54. The number of rotatable bonds is 7. The number of allylic oxidation sites excluding steroid dienone is 2. The third-order valence-electron chi connectivity index (χ3n) is 5.08. The summed E-state index contributed by atoms with van der Waals surface area (Å²) in [5, 5.41) is 0. The number of benzene rings is 1. The molecule has 0 spiro atoms. The van der Waals surface area contributed by atoms with E-state index in [-0.39, 0.29) is 0 Å². The van der Waals surface area contributed by atoms with E-state index in [4.69, 9.17) is 0 Å². The molecule has 0 N–H and O–H groups in total. The summed E-state index contributed by atoms with van der Waals surface area (Å²) in [4.78, 5) is 2.62. The first-order valence-electron chi connectivity index (χ1n) is 9.10. The van der Waals surface area contributed by atoms with Gasteiger partial charge in [-0.2, -0.15) is 0 Å². The van der Waals surface area contributed by atoms with Gasteiger partial charge in [0.25, 0.3) is 0 Å². The van der Waals surface area contributed by atoms with E-state index in [9.17, 15) is 0 Å². The Kier molecular flexibility index (Phi) is 7.18. The Morgan fingerprint density at radius 2 is 1.73 bits per heavy atom. The van der Waals surface area contributed by atoms with E-state index < -0.39 is 0 Å². The van der Waals surface area contributed by atoms with Gasteiger partial charge >= 0.3 is 0 Å². The van der Waals surface area contributed by atoms with Crippen molar-refractivity contribution < 1.29 is 0 Å². The van der Waals surface area contributed by atoms with E-state index in [1.54, 1.807) is 0 Å². The standard InChI is InChI=1S/C21H33N/c1-4-5-6-7-8-19-9-11-20(12-10-19)17-22-15-13-21(14-16-22)18(2)3/h4-5,9-12,18,21H,6-8,13-17H2,1-3H3. The molecule has 1 aliphatic rings. The van der Waals surface area contributed by atoms with E-state index in [2.05, 4.69) is 62.1 Å². The number of likely N-dealkylation sites (tertiary alicyclic amines) is 1. The van der Waals surface area contributed by atoms with Crippen LogP contribution in [0.15, 0.2) is 36.4 Å². The molecule has 1 fully saturated rings. The van der Waals surface area contributed by atoms with E-state index in [0.29, 0.717) is 0 Å². The van der Waals surface area contributed by atoms with Crippen LogP contribution in [0.3, 0.4) is 0 Å². The molecular weight excluding hydrogens is 266 g/mol. The predicted molar refractivity (Wildman–Crippen MR) is 97.0 cm³/mol. The van der Waals surface area contributed by atoms with Crippen molar-refractivity contribution in [3.8, 4) is 0 Å². The quantitative estimate of drug-likeness (QED) is 0.478. The zero-order chi connectivity index (χ0) is 15.8. The third-order valence-corrected chi connectivity index (χ3v) is 5.08. The van der Waals surface area contributed by atoms with Gasteiger partial charge in [0.1, 0.15) is 0 Å². The van der Waals surface area contributed by atoms with Crippen molar-refractivity contribution in [3.05, 3.63) is 47.5 Å². The largest absolute Gasteiger partial charge is 0.299 e. The molecule has 1 nitrogen and oxygen atoms in total. The average molecular weight is 300 g/mol. The minimum atomic E-state index is 0.851. The third kappa shape index (κ3) is 5.61. The van der Waals surface area contributed by atoms with Gasteiger partial charge in [0.15, 0.2) is 0 Å². The van der Waals surface area contributed by atoms with Gasteiger partial charge in [-0.05, 0) is 75.1 Å². The minimum Gasteiger partial charge on any atom is -0.299 e. The minimum absolute atomic E-state index is 0.851. The van der Waals surface area contributed by atoms with Gasteiger partial charge in [0, 0.05) is 6.54 Å². The molecule has 1 heteroatoms. The van der Waals surface area contributed by atoms with Crippen molar-refractivity contribution in [1.82, 2.24) is 4.90 Å². The van der Waals surface area contributed by atoms with Crippen molar-refractivity contribution in [2.75, 3.05) is 13.1 Å². The molecule has 0 aliphatic carbocycles. The van der Waals surface area contributed by atoms with E-state index in [0.717, 1.165) is 18.4 Å². The number of piperidine rings is 1. The fourth-order valence-electron chi connectivity index (χ4n) is 3.44. The van der Waals surface area contributed by atoms with Crippen molar-refractivity contribution in [1.29, 1.82) is 0 Å². The molecule has 1 heterocycles. The monoisotopic (exact) mass is 299 g/mol. The van der Waals surface area contributed by atoms with Crippen LogP contribution in [-0.2, 0) is 13.0 Å². The summed E-state index contributed by atoms with van der Waals surface area (Å²) in [6, 6.07) is 9.32. The van der Waals surface area contributed by atoms with Crippen LogP contribution in [0.1, 0.15) is 57.6 Å². The first kappa shape index (κ1) is 17.3. The lowest BCUT2D eigenvalue weighted by molar-refractivity contribution is 0.152. The summed E-state index contributed by atoms with van der Waals surface area (Å²) in [6.07, 6.45) is 10.8. The van der Waals surface area contributed by atoms with Crippen molar-refractivity contribution in [3.63, 3.8) is 0 Å². The molecular formula is C21H33N. The second-order valence-electron chi connectivity index (χ2n) is 7.14. The Morgan fingerprint density at radius 3 is 2.32 bits per heavy atom. The van der Waals surface area contributed by atoms with Gasteiger partial charge in [-0.15, -0.1) is 0 Å². The molecule has 0 amide bonds. The number of hydrogen-bond donors (Lipinski definition) is 0. The Hall–Kier alpha value is -1.08. The lowest BCUT2D eigenvalue weighted by Crippen LogP contribution is -2.34. The fraction of sp³-hybridized carbons (Fsp3) is 0.619. The lowest BCUT2D eigenvalue weighted by atomic mass is 9.86. The Balaban J connectivity index is 1.74. The van der Waals surface area contributed by atoms with Crippen molar-refractivity contribution in [2.45, 2.75) is 59.4 Å². The van der Waals surface area contributed by atoms with Crippen LogP contribution in [0.25, 0.3) is 0 Å². The smallest absolute Gasteiger partial charge is 0.0233 e. The molecule has 22 heavy (non-hydrogen) atoms. The molecule has 0 unspecified atom stereocenters. The van der Waals surface area contributed by atoms with Gasteiger partial charge in [-0.3, -0.25) is 4.90 Å². The molecule has 2 rings (SSSR count). The maximum Gasteiger partial charge on any atom is 0.0233 e. The summed E-state index contributed by atoms with van der Waals surface area (Å²) >= 11 is 0. The zero-order valence-corrected chi connectivity index (χ0v) is 14.7. The van der Waals surface area contributed by atoms with Crippen LogP contribution in [-0.4, -0.2) is 18.0 Å². The van der Waals surface area contributed by atoms with Crippen molar-refractivity contribution >= 4 is 0 Å². The topological polar surface area (TPSA) is 3.24 Å². The normalized spacial score (nSPS) is 17.6. The molecule has 0 saturated carbocycles. The summed E-state index contributed by atoms with van der Waals surface area (Å²) in [5.74, 6) is 1.79. The first-order valence-corrected chi connectivity index (χ1v) is 9.10. The zero-order valence-electron chi connectivity index (χ0n) is 14.7. The van der Waals surface area contributed by atoms with Crippen LogP contribution in [0.2, 0.25) is 0 Å². The highest BCUT2D eigenvalue weighted by Gasteiger charge is 2.21. The predicted octanol–water partition coefficient (Wildman–Crippen LogP) is 5.45. The van der Waals surface area contributed by atoms with Crippen LogP contribution in [0.5, 0.6) is 0 Å². The Bertz CT molecular complexity index is 435. The second-order valence-corrected chi connectivity index (χ2v) is 7.14. The highest BCUT2D eigenvalue weighted by atomic mass is 15.1. The Labute approximate surface area is 137 Å². The molecule has 0 radical (unpaired) electrons. The summed E-state index contributed by atoms with van der Waals surface area (Å²) in [7, 11) is 0. The molecule has 0 atom stereocenters. The van der Waals surface area contributed by atoms with Gasteiger partial charge in [-0.1, -0.05) is 50.3 Å². The maximum atomic E-state index is 2.62. The van der Waals surface area contributed by atoms with E-state index >= 15 is 0 Å². The van der Waals surface area contributed by atoms with E-state index in [1.807, 2.05) is 0 Å². The van der Waals surface area contributed by atoms with Gasteiger partial charge in [-0.25, -0.2) is 0 Å². The van der Waals surface area contributed by atoms with Crippen molar-refractivity contribution in [2.24, 2.45) is 11.8 Å². The highest BCUT2D eigenvalue weighted by molar-refractivity contribution is 5.22. The number of aryl methyl sites for hydroxylation is 1. The number of unbranched alkanes of at least 4 members (excludes halogenated alkanes) is 1. The summed E-state index contributed by atoms with van der Waals surface area (Å²) in [5.41, 5.74) is 2.95. The first-order chi connectivity index (χ1) is 10.7. The van der Waals surface area contributed by atoms with Gasteiger partial charge < -0.3 is 0 Å². The number of hydrogen-bond acceptors (Lipinski definition) is 1. The molecule has 0 bridgehead atoms.